The van der Waals surface area contributed by atoms with E-state index in [9.17, 15) is 31.5 Å². The van der Waals surface area contributed by atoms with Gasteiger partial charge >= 0.3 is 6.18 Å². The van der Waals surface area contributed by atoms with Crippen molar-refractivity contribution in [3.8, 4) is 0 Å². The first-order valence-electron chi connectivity index (χ1n) is 11.2. The summed E-state index contributed by atoms with van der Waals surface area (Å²) in [5.41, 5.74) is 6.47. The van der Waals surface area contributed by atoms with Crippen LogP contribution in [0, 0.1) is 23.5 Å². The maximum absolute atomic E-state index is 14.7. The Hall–Kier alpha value is -3.37. The van der Waals surface area contributed by atoms with Crippen molar-refractivity contribution in [2.24, 2.45) is 17.6 Å². The largest absolute Gasteiger partial charge is 0.391 e. The van der Waals surface area contributed by atoms with Crippen molar-refractivity contribution in [1.29, 1.82) is 0 Å². The second-order valence-electron chi connectivity index (χ2n) is 8.99. The Balaban J connectivity index is 1.38. The van der Waals surface area contributed by atoms with E-state index < -0.39 is 35.6 Å². The third-order valence-corrected chi connectivity index (χ3v) is 6.52. The first kappa shape index (κ1) is 24.7. The van der Waals surface area contributed by atoms with Gasteiger partial charge in [-0.3, -0.25) is 9.59 Å². The number of benzene rings is 2. The van der Waals surface area contributed by atoms with Crippen LogP contribution in [0.15, 0.2) is 36.4 Å². The molecule has 2 fully saturated rings. The van der Waals surface area contributed by atoms with Crippen LogP contribution < -0.4 is 16.0 Å². The van der Waals surface area contributed by atoms with Gasteiger partial charge in [0.25, 0.3) is 0 Å². The molecule has 2 saturated heterocycles. The van der Waals surface area contributed by atoms with Crippen molar-refractivity contribution < 1.29 is 31.5 Å². The highest BCUT2D eigenvalue weighted by Crippen LogP contribution is 2.37. The number of rotatable bonds is 6. The van der Waals surface area contributed by atoms with Crippen LogP contribution in [0.3, 0.4) is 0 Å². The summed E-state index contributed by atoms with van der Waals surface area (Å²) < 4.78 is 68.1. The van der Waals surface area contributed by atoms with E-state index in [1.807, 2.05) is 0 Å². The molecule has 2 amide bonds. The molecule has 4 rings (SSSR count). The van der Waals surface area contributed by atoms with Gasteiger partial charge in [0.05, 0.1) is 11.8 Å². The average Bonchev–Trinajstić information content (AvgIpc) is 3.15. The van der Waals surface area contributed by atoms with Crippen LogP contribution in [0.25, 0.3) is 0 Å². The van der Waals surface area contributed by atoms with Gasteiger partial charge in [0.1, 0.15) is 5.69 Å². The number of carbonyl (C=O) groups is 2. The highest BCUT2D eigenvalue weighted by Gasteiger charge is 2.41. The van der Waals surface area contributed by atoms with Gasteiger partial charge in [-0.25, -0.2) is 8.78 Å². The average molecular weight is 496 g/mol. The van der Waals surface area contributed by atoms with Crippen molar-refractivity contribution in [2.45, 2.75) is 32.0 Å². The van der Waals surface area contributed by atoms with E-state index >= 15 is 0 Å². The Morgan fingerprint density at radius 1 is 1.03 bits per heavy atom. The Morgan fingerprint density at radius 2 is 1.63 bits per heavy atom. The molecule has 6 nitrogen and oxygen atoms in total. The van der Waals surface area contributed by atoms with Gasteiger partial charge in [-0.2, -0.15) is 13.2 Å². The molecule has 0 spiro atoms. The summed E-state index contributed by atoms with van der Waals surface area (Å²) in [6, 6.07) is 9.09. The molecule has 2 heterocycles. The van der Waals surface area contributed by atoms with E-state index in [0.29, 0.717) is 12.2 Å². The Bertz CT molecular complexity index is 1080. The molecule has 35 heavy (non-hydrogen) atoms. The number of piperidine rings is 1. The number of hydrogen-bond donors (Lipinski definition) is 2. The van der Waals surface area contributed by atoms with E-state index in [1.165, 1.54) is 4.90 Å². The lowest BCUT2D eigenvalue weighted by Crippen LogP contribution is -2.39. The molecule has 3 N–H and O–H groups in total. The predicted molar refractivity (Wildman–Crippen MR) is 120 cm³/mol. The van der Waals surface area contributed by atoms with Gasteiger partial charge in [-0.05, 0) is 42.7 Å². The fraction of sp³-hybridized carbons (Fsp3) is 0.417. The van der Waals surface area contributed by atoms with Crippen molar-refractivity contribution in [1.82, 2.24) is 4.90 Å². The first-order chi connectivity index (χ1) is 16.5. The van der Waals surface area contributed by atoms with Gasteiger partial charge in [0.2, 0.25) is 11.8 Å². The molecule has 1 atom stereocenters. The molecule has 2 aliphatic heterocycles. The summed E-state index contributed by atoms with van der Waals surface area (Å²) in [5.74, 6) is -4.31. The van der Waals surface area contributed by atoms with Gasteiger partial charge in [-0.15, -0.1) is 0 Å². The van der Waals surface area contributed by atoms with Gasteiger partial charge in [-0.1, -0.05) is 12.1 Å². The lowest BCUT2D eigenvalue weighted by Gasteiger charge is -2.34. The van der Waals surface area contributed by atoms with Crippen molar-refractivity contribution in [2.75, 3.05) is 29.9 Å². The van der Waals surface area contributed by atoms with E-state index in [2.05, 4.69) is 5.32 Å². The van der Waals surface area contributed by atoms with Crippen molar-refractivity contribution in [3.63, 3.8) is 0 Å². The molecule has 0 radical (unpaired) electrons. The molecule has 0 aliphatic carbocycles. The van der Waals surface area contributed by atoms with E-state index in [1.54, 1.807) is 29.2 Å². The summed E-state index contributed by atoms with van der Waals surface area (Å²) in [7, 11) is 0. The van der Waals surface area contributed by atoms with Crippen molar-refractivity contribution >= 4 is 28.9 Å². The fourth-order valence-electron chi connectivity index (χ4n) is 4.57. The molecule has 0 aromatic heterocycles. The summed E-state index contributed by atoms with van der Waals surface area (Å²) in [6.07, 6.45) is -4.62. The smallest absolute Gasteiger partial charge is 0.369 e. The number of nitrogens with two attached hydrogens (primary N) is 1. The van der Waals surface area contributed by atoms with Gasteiger partial charge in [0.15, 0.2) is 11.6 Å². The number of primary amides is 1. The maximum Gasteiger partial charge on any atom is 0.391 e. The van der Waals surface area contributed by atoms with Gasteiger partial charge < -0.3 is 20.9 Å². The zero-order valence-corrected chi connectivity index (χ0v) is 18.7. The quantitative estimate of drug-likeness (QED) is 0.584. The molecular weight excluding hydrogens is 471 g/mol. The fourth-order valence-corrected chi connectivity index (χ4v) is 4.57. The number of anilines is 3. The molecule has 11 heteroatoms. The number of carbonyl (C=O) groups excluding carboxylic acids is 2. The Labute approximate surface area is 198 Å². The maximum atomic E-state index is 14.7. The zero-order chi connectivity index (χ0) is 25.3. The standard InChI is InChI=1S/C24H25F5N4O2/c25-19-10-18(11-20(26)22(19)32-7-5-16(6-8-32)24(27,28)29)31-17-3-1-14(2-4-17)12-33-13-15(23(30)35)9-21(33)34/h1-4,10-11,15-16,31H,5-9,12-13H2,(H2,30,35). The number of nitrogens with zero attached hydrogens (tertiary/aromatic N) is 2. The van der Waals surface area contributed by atoms with Crippen LogP contribution in [0.5, 0.6) is 0 Å². The Morgan fingerprint density at radius 3 is 2.14 bits per heavy atom. The van der Waals surface area contributed by atoms with E-state index in [-0.39, 0.29) is 56.2 Å². The molecule has 2 aliphatic rings. The zero-order valence-electron chi connectivity index (χ0n) is 18.7. The minimum absolute atomic E-state index is 0.0774. The van der Waals surface area contributed by atoms with E-state index in [4.69, 9.17) is 5.73 Å². The second-order valence-corrected chi connectivity index (χ2v) is 8.99. The second kappa shape index (κ2) is 9.71. The summed E-state index contributed by atoms with van der Waals surface area (Å²) in [5, 5.41) is 2.91. The predicted octanol–water partition coefficient (Wildman–Crippen LogP) is 4.32. The number of hydrogen-bond acceptors (Lipinski definition) is 4. The highest BCUT2D eigenvalue weighted by atomic mass is 19.4. The molecular formula is C24H25F5N4O2. The van der Waals surface area contributed by atoms with Crippen LogP contribution in [-0.4, -0.2) is 42.5 Å². The van der Waals surface area contributed by atoms with Crippen molar-refractivity contribution in [3.05, 3.63) is 53.6 Å². The highest BCUT2D eigenvalue weighted by molar-refractivity contribution is 5.88. The van der Waals surface area contributed by atoms with Crippen LogP contribution in [0.2, 0.25) is 0 Å². The molecule has 188 valence electrons. The van der Waals surface area contributed by atoms with Gasteiger partial charge in [0, 0.05) is 44.0 Å². The SMILES string of the molecule is NC(=O)C1CC(=O)N(Cc2ccc(Nc3cc(F)c(N4CCC(C(F)(F)F)CC4)c(F)c3)cc2)C1. The minimum atomic E-state index is -4.30. The number of likely N-dealkylation sites (tertiary alicyclic amines) is 1. The summed E-state index contributed by atoms with van der Waals surface area (Å²) >= 11 is 0. The molecule has 0 saturated carbocycles. The summed E-state index contributed by atoms with van der Waals surface area (Å²) in [4.78, 5) is 26.2. The van der Waals surface area contributed by atoms with Crippen LogP contribution in [0.1, 0.15) is 24.8 Å². The monoisotopic (exact) mass is 496 g/mol. The van der Waals surface area contributed by atoms with Crippen LogP contribution >= 0.6 is 0 Å². The first-order valence-corrected chi connectivity index (χ1v) is 11.2. The minimum Gasteiger partial charge on any atom is -0.369 e. The van der Waals surface area contributed by atoms with E-state index in [0.717, 1.165) is 17.7 Å². The number of nitrogens with one attached hydrogen (secondary N) is 1. The number of amides is 2. The third kappa shape index (κ3) is 5.66. The number of halogens is 5. The molecule has 0 bridgehead atoms. The normalized spacial score (nSPS) is 19.3. The lowest BCUT2D eigenvalue weighted by atomic mass is 9.96. The van der Waals surface area contributed by atoms with Crippen LogP contribution in [-0.2, 0) is 16.1 Å². The molecule has 2 aromatic carbocycles. The summed E-state index contributed by atoms with van der Waals surface area (Å²) in [6.45, 7) is 0.427. The Kier molecular flexibility index (Phi) is 6.86. The molecule has 1 unspecified atom stereocenters. The number of alkyl halides is 3. The topological polar surface area (TPSA) is 78.7 Å². The third-order valence-electron chi connectivity index (χ3n) is 6.52. The lowest BCUT2D eigenvalue weighted by molar-refractivity contribution is -0.179. The molecule has 2 aromatic rings. The van der Waals surface area contributed by atoms with Crippen LogP contribution in [0.4, 0.5) is 39.0 Å².